The van der Waals surface area contributed by atoms with Crippen LogP contribution in [0.1, 0.15) is 25.7 Å². The van der Waals surface area contributed by atoms with E-state index in [0.29, 0.717) is 12.2 Å². The van der Waals surface area contributed by atoms with Crippen molar-refractivity contribution in [2.75, 3.05) is 31.9 Å². The van der Waals surface area contributed by atoms with Crippen LogP contribution in [-0.2, 0) is 11.3 Å². The minimum Gasteiger partial charge on any atom is -0.396 e. The van der Waals surface area contributed by atoms with Crippen LogP contribution in [-0.4, -0.2) is 46.8 Å². The first-order valence-electron chi connectivity index (χ1n) is 7.01. The predicted molar refractivity (Wildman–Crippen MR) is 74.6 cm³/mol. The number of nitrogens with zero attached hydrogens (tertiary/aromatic N) is 3. The Labute approximate surface area is 113 Å². The van der Waals surface area contributed by atoms with Gasteiger partial charge in [0, 0.05) is 19.3 Å². The molecule has 0 unspecified atom stereocenters. The molecule has 1 fully saturated rings. The highest BCUT2D eigenvalue weighted by Crippen LogP contribution is 2.08. The number of nitrogen functional groups attached to an aromatic ring is 1. The predicted octanol–water partition coefficient (Wildman–Crippen LogP) is 0.457. The summed E-state index contributed by atoms with van der Waals surface area (Å²) in [4.78, 5) is 14.1. The Morgan fingerprint density at radius 1 is 1.32 bits per heavy atom. The number of anilines is 1. The van der Waals surface area contributed by atoms with Gasteiger partial charge < -0.3 is 16.0 Å². The first-order chi connectivity index (χ1) is 9.24. The lowest BCUT2D eigenvalue weighted by molar-refractivity contribution is -0.121. The summed E-state index contributed by atoms with van der Waals surface area (Å²) in [5.74, 6) is -0.0158. The summed E-state index contributed by atoms with van der Waals surface area (Å²) < 4.78 is 1.55. The van der Waals surface area contributed by atoms with Gasteiger partial charge >= 0.3 is 0 Å². The van der Waals surface area contributed by atoms with E-state index in [1.54, 1.807) is 17.1 Å². The Hall–Kier alpha value is -1.56. The number of carbonyl (C=O) groups excluding carboxylic acids is 1. The topological polar surface area (TPSA) is 76.2 Å². The summed E-state index contributed by atoms with van der Waals surface area (Å²) >= 11 is 0. The fraction of sp³-hybridized carbons (Fsp3) is 0.692. The second-order valence-corrected chi connectivity index (χ2v) is 5.08. The molecule has 0 aromatic carbocycles. The molecular formula is C13H23N5O. The summed E-state index contributed by atoms with van der Waals surface area (Å²) in [7, 11) is 0. The maximum Gasteiger partial charge on any atom is 0.241 e. The lowest BCUT2D eigenvalue weighted by atomic mass is 10.2. The van der Waals surface area contributed by atoms with Gasteiger partial charge in [0.15, 0.2) is 0 Å². The molecule has 2 rings (SSSR count). The van der Waals surface area contributed by atoms with Gasteiger partial charge in [-0.1, -0.05) is 12.8 Å². The zero-order chi connectivity index (χ0) is 13.5. The number of carbonyl (C=O) groups is 1. The molecule has 1 amide bonds. The Kier molecular flexibility index (Phi) is 5.20. The van der Waals surface area contributed by atoms with Gasteiger partial charge in [-0.15, -0.1) is 0 Å². The molecule has 1 saturated heterocycles. The van der Waals surface area contributed by atoms with Crippen LogP contribution in [0, 0.1) is 0 Å². The molecule has 0 atom stereocenters. The molecule has 1 aromatic rings. The number of aromatic nitrogens is 2. The lowest BCUT2D eigenvalue weighted by Gasteiger charge is -2.19. The molecule has 19 heavy (non-hydrogen) atoms. The molecule has 1 aromatic heterocycles. The summed E-state index contributed by atoms with van der Waals surface area (Å²) in [6.45, 7) is 4.19. The summed E-state index contributed by atoms with van der Waals surface area (Å²) in [6, 6.07) is 0. The molecule has 6 nitrogen and oxygen atoms in total. The van der Waals surface area contributed by atoms with Gasteiger partial charge in [-0.25, -0.2) is 0 Å². The van der Waals surface area contributed by atoms with Crippen LogP contribution in [0.2, 0.25) is 0 Å². The van der Waals surface area contributed by atoms with Crippen molar-refractivity contribution < 1.29 is 4.79 Å². The minimum atomic E-state index is -0.0158. The largest absolute Gasteiger partial charge is 0.396 e. The molecule has 1 aliphatic rings. The van der Waals surface area contributed by atoms with Crippen molar-refractivity contribution in [2.24, 2.45) is 0 Å². The smallest absolute Gasteiger partial charge is 0.241 e. The van der Waals surface area contributed by atoms with Gasteiger partial charge in [-0.2, -0.15) is 5.10 Å². The van der Waals surface area contributed by atoms with E-state index in [-0.39, 0.29) is 12.5 Å². The number of nitrogens with one attached hydrogen (secondary N) is 1. The van der Waals surface area contributed by atoms with Gasteiger partial charge in [0.1, 0.15) is 6.54 Å². The highest BCUT2D eigenvalue weighted by atomic mass is 16.2. The maximum absolute atomic E-state index is 11.7. The third-order valence-electron chi connectivity index (χ3n) is 3.41. The fourth-order valence-electron chi connectivity index (χ4n) is 2.38. The third-order valence-corrected chi connectivity index (χ3v) is 3.41. The van der Waals surface area contributed by atoms with E-state index in [1.807, 2.05) is 0 Å². The zero-order valence-corrected chi connectivity index (χ0v) is 11.3. The van der Waals surface area contributed by atoms with E-state index < -0.39 is 0 Å². The van der Waals surface area contributed by atoms with Crippen LogP contribution in [0.5, 0.6) is 0 Å². The van der Waals surface area contributed by atoms with E-state index >= 15 is 0 Å². The average Bonchev–Trinajstić information content (AvgIpc) is 2.65. The van der Waals surface area contributed by atoms with Crippen LogP contribution in [0.4, 0.5) is 5.69 Å². The molecular weight excluding hydrogens is 242 g/mol. The van der Waals surface area contributed by atoms with E-state index in [9.17, 15) is 4.79 Å². The molecule has 3 N–H and O–H groups in total. The monoisotopic (exact) mass is 265 g/mol. The fourth-order valence-corrected chi connectivity index (χ4v) is 2.38. The molecule has 0 radical (unpaired) electrons. The number of likely N-dealkylation sites (tertiary alicyclic amines) is 1. The number of hydrogen-bond acceptors (Lipinski definition) is 4. The molecule has 6 heteroatoms. The molecule has 1 aliphatic heterocycles. The van der Waals surface area contributed by atoms with Crippen LogP contribution in [0.3, 0.4) is 0 Å². The van der Waals surface area contributed by atoms with Crippen molar-refractivity contribution in [2.45, 2.75) is 32.2 Å². The van der Waals surface area contributed by atoms with Gasteiger partial charge in [-0.3, -0.25) is 9.48 Å². The maximum atomic E-state index is 11.7. The minimum absolute atomic E-state index is 0.0158. The Morgan fingerprint density at radius 2 is 2.05 bits per heavy atom. The van der Waals surface area contributed by atoms with Crippen molar-refractivity contribution in [1.29, 1.82) is 0 Å². The molecule has 0 spiro atoms. The van der Waals surface area contributed by atoms with Crippen LogP contribution in [0.15, 0.2) is 12.4 Å². The number of amides is 1. The number of nitrogens with two attached hydrogens (primary N) is 1. The van der Waals surface area contributed by atoms with Crippen molar-refractivity contribution in [3.05, 3.63) is 12.4 Å². The van der Waals surface area contributed by atoms with E-state index in [4.69, 9.17) is 5.73 Å². The quantitative estimate of drug-likeness (QED) is 0.811. The SMILES string of the molecule is Nc1cnn(CC(=O)NCCN2CCCCCC2)c1. The second kappa shape index (κ2) is 7.13. The molecule has 0 aliphatic carbocycles. The second-order valence-electron chi connectivity index (χ2n) is 5.08. The van der Waals surface area contributed by atoms with Gasteiger partial charge in [0.2, 0.25) is 5.91 Å². The first kappa shape index (κ1) is 13.9. The Bertz CT molecular complexity index is 395. The molecule has 2 heterocycles. The molecule has 0 saturated carbocycles. The number of rotatable bonds is 5. The summed E-state index contributed by atoms with van der Waals surface area (Å²) in [6.07, 6.45) is 8.44. The van der Waals surface area contributed by atoms with E-state index in [0.717, 1.165) is 19.6 Å². The third kappa shape index (κ3) is 4.90. The standard InChI is InChI=1S/C13H23N5O/c14-12-9-16-18(10-12)11-13(19)15-5-8-17-6-3-1-2-4-7-17/h9-10H,1-8,11,14H2,(H,15,19). The molecule has 106 valence electrons. The van der Waals surface area contributed by atoms with Crippen LogP contribution < -0.4 is 11.1 Å². The highest BCUT2D eigenvalue weighted by Gasteiger charge is 2.09. The average molecular weight is 265 g/mol. The highest BCUT2D eigenvalue weighted by molar-refractivity contribution is 5.75. The van der Waals surface area contributed by atoms with Crippen LogP contribution >= 0.6 is 0 Å². The van der Waals surface area contributed by atoms with Crippen molar-refractivity contribution >= 4 is 11.6 Å². The Morgan fingerprint density at radius 3 is 2.68 bits per heavy atom. The van der Waals surface area contributed by atoms with Crippen molar-refractivity contribution in [1.82, 2.24) is 20.0 Å². The molecule has 0 bridgehead atoms. The van der Waals surface area contributed by atoms with Gasteiger partial charge in [-0.05, 0) is 25.9 Å². The van der Waals surface area contributed by atoms with Crippen molar-refractivity contribution in [3.8, 4) is 0 Å². The lowest BCUT2D eigenvalue weighted by Crippen LogP contribution is -2.36. The van der Waals surface area contributed by atoms with Crippen LogP contribution in [0.25, 0.3) is 0 Å². The Balaban J connectivity index is 1.63. The zero-order valence-electron chi connectivity index (χ0n) is 11.3. The normalized spacial score (nSPS) is 17.1. The summed E-state index contributed by atoms with van der Waals surface area (Å²) in [5, 5.41) is 6.91. The van der Waals surface area contributed by atoms with Gasteiger partial charge in [0.25, 0.3) is 0 Å². The van der Waals surface area contributed by atoms with E-state index in [1.165, 1.54) is 25.7 Å². The summed E-state index contributed by atoms with van der Waals surface area (Å²) in [5.41, 5.74) is 6.13. The first-order valence-corrected chi connectivity index (χ1v) is 7.01. The van der Waals surface area contributed by atoms with Gasteiger partial charge in [0.05, 0.1) is 11.9 Å². The number of hydrogen-bond donors (Lipinski definition) is 2. The van der Waals surface area contributed by atoms with Crippen molar-refractivity contribution in [3.63, 3.8) is 0 Å². The van der Waals surface area contributed by atoms with E-state index in [2.05, 4.69) is 15.3 Å².